The zero-order valence-corrected chi connectivity index (χ0v) is 6.77. The highest BCUT2D eigenvalue weighted by atomic mass is 14.9. The quantitative estimate of drug-likeness (QED) is 0.518. The first kappa shape index (κ1) is 7.28. The van der Waals surface area contributed by atoms with Crippen LogP contribution < -0.4 is 5.73 Å². The Morgan fingerprint density at radius 3 is 2.67 bits per heavy atom. The van der Waals surface area contributed by atoms with Crippen LogP contribution in [0.1, 0.15) is 18.4 Å². The van der Waals surface area contributed by atoms with E-state index in [4.69, 9.17) is 5.73 Å². The molecule has 1 aliphatic carbocycles. The third-order valence-corrected chi connectivity index (χ3v) is 1.84. The smallest absolute Gasteiger partial charge is 0.126 e. The maximum Gasteiger partial charge on any atom is 0.126 e. The van der Waals surface area contributed by atoms with Gasteiger partial charge < -0.3 is 5.73 Å². The van der Waals surface area contributed by atoms with Gasteiger partial charge in [-0.05, 0) is 25.0 Å². The summed E-state index contributed by atoms with van der Waals surface area (Å²) in [5, 5.41) is 0. The second-order valence-corrected chi connectivity index (χ2v) is 2.98. The van der Waals surface area contributed by atoms with E-state index in [-0.39, 0.29) is 0 Å². The van der Waals surface area contributed by atoms with Crippen molar-refractivity contribution >= 4 is 5.84 Å². The van der Waals surface area contributed by atoms with Crippen molar-refractivity contribution < 1.29 is 0 Å². The van der Waals surface area contributed by atoms with E-state index < -0.39 is 0 Å². The maximum absolute atomic E-state index is 5.76. The lowest BCUT2D eigenvalue weighted by molar-refractivity contribution is 1.06. The third kappa shape index (κ3) is 1.61. The summed E-state index contributed by atoms with van der Waals surface area (Å²) in [5.41, 5.74) is 6.73. The van der Waals surface area contributed by atoms with Crippen LogP contribution in [0.25, 0.3) is 0 Å². The lowest BCUT2D eigenvalue weighted by atomic mass is 10.2. The summed E-state index contributed by atoms with van der Waals surface area (Å²) in [4.78, 5) is 8.24. The van der Waals surface area contributed by atoms with Crippen molar-refractivity contribution in [2.24, 2.45) is 10.7 Å². The molecule has 1 heterocycles. The van der Waals surface area contributed by atoms with Crippen LogP contribution in [0.15, 0.2) is 29.5 Å². The number of aromatic nitrogens is 1. The molecule has 1 saturated carbocycles. The molecular weight excluding hydrogens is 150 g/mol. The van der Waals surface area contributed by atoms with Gasteiger partial charge in [-0.1, -0.05) is 0 Å². The largest absolute Gasteiger partial charge is 0.383 e. The molecule has 62 valence electrons. The van der Waals surface area contributed by atoms with E-state index in [1.54, 1.807) is 12.4 Å². The molecule has 0 amide bonds. The summed E-state index contributed by atoms with van der Waals surface area (Å²) in [7, 11) is 0. The Labute approximate surface area is 71.3 Å². The molecule has 0 atom stereocenters. The fourth-order valence-corrected chi connectivity index (χ4v) is 0.998. The molecule has 0 spiro atoms. The van der Waals surface area contributed by atoms with Crippen molar-refractivity contribution in [2.45, 2.75) is 18.9 Å². The normalized spacial score (nSPS) is 17.8. The van der Waals surface area contributed by atoms with Crippen molar-refractivity contribution in [2.75, 3.05) is 0 Å². The molecule has 3 nitrogen and oxygen atoms in total. The Morgan fingerprint density at radius 1 is 1.42 bits per heavy atom. The average molecular weight is 161 g/mol. The van der Waals surface area contributed by atoms with E-state index in [0.717, 1.165) is 5.56 Å². The highest BCUT2D eigenvalue weighted by Crippen LogP contribution is 2.23. The summed E-state index contributed by atoms with van der Waals surface area (Å²) in [6, 6.07) is 4.24. The number of pyridine rings is 1. The molecule has 2 rings (SSSR count). The lowest BCUT2D eigenvalue weighted by Crippen LogP contribution is -2.13. The average Bonchev–Trinajstić information content (AvgIpc) is 2.90. The van der Waals surface area contributed by atoms with Gasteiger partial charge in [0.05, 0.1) is 6.04 Å². The number of amidine groups is 1. The second-order valence-electron chi connectivity index (χ2n) is 2.98. The van der Waals surface area contributed by atoms with Gasteiger partial charge in [0.15, 0.2) is 0 Å². The Bertz CT molecular complexity index is 288. The molecule has 1 aromatic rings. The monoisotopic (exact) mass is 161 g/mol. The fraction of sp³-hybridized carbons (Fsp3) is 0.333. The highest BCUT2D eigenvalue weighted by molar-refractivity contribution is 5.97. The van der Waals surface area contributed by atoms with Gasteiger partial charge in [-0.2, -0.15) is 0 Å². The predicted octanol–water partition coefficient (Wildman–Crippen LogP) is 0.949. The van der Waals surface area contributed by atoms with Crippen LogP contribution in [0.3, 0.4) is 0 Å². The van der Waals surface area contributed by atoms with Crippen LogP contribution in [0.5, 0.6) is 0 Å². The standard InChI is InChI=1S/C9H11N3/c10-9(12-8-1-2-8)7-3-5-11-6-4-7/h3-6,8H,1-2H2,(H2,10,12). The van der Waals surface area contributed by atoms with E-state index in [1.165, 1.54) is 12.8 Å². The predicted molar refractivity (Wildman–Crippen MR) is 48.0 cm³/mol. The van der Waals surface area contributed by atoms with E-state index >= 15 is 0 Å². The van der Waals surface area contributed by atoms with Gasteiger partial charge in [-0.25, -0.2) is 0 Å². The minimum Gasteiger partial charge on any atom is -0.383 e. The molecule has 0 unspecified atom stereocenters. The Balaban J connectivity index is 2.18. The Hall–Kier alpha value is -1.38. The Morgan fingerprint density at radius 2 is 2.08 bits per heavy atom. The summed E-state index contributed by atoms with van der Waals surface area (Å²) < 4.78 is 0. The minimum absolute atomic E-state index is 0.484. The van der Waals surface area contributed by atoms with Crippen LogP contribution >= 0.6 is 0 Å². The first-order chi connectivity index (χ1) is 5.86. The lowest BCUT2D eigenvalue weighted by Gasteiger charge is -1.98. The molecule has 2 N–H and O–H groups in total. The number of aliphatic imine (C=N–C) groups is 1. The summed E-state index contributed by atoms with van der Waals surface area (Å²) >= 11 is 0. The van der Waals surface area contributed by atoms with Crippen molar-refractivity contribution in [1.82, 2.24) is 4.98 Å². The summed E-state index contributed by atoms with van der Waals surface area (Å²) in [6.07, 6.45) is 5.83. The highest BCUT2D eigenvalue weighted by Gasteiger charge is 2.20. The van der Waals surface area contributed by atoms with Crippen LogP contribution in [0.4, 0.5) is 0 Å². The topological polar surface area (TPSA) is 51.3 Å². The van der Waals surface area contributed by atoms with Gasteiger partial charge >= 0.3 is 0 Å². The third-order valence-electron chi connectivity index (χ3n) is 1.84. The molecular formula is C9H11N3. The zero-order valence-electron chi connectivity index (χ0n) is 6.77. The van der Waals surface area contributed by atoms with Crippen molar-refractivity contribution in [3.8, 4) is 0 Å². The molecule has 0 bridgehead atoms. The fourth-order valence-electron chi connectivity index (χ4n) is 0.998. The molecule has 1 aliphatic rings. The number of nitrogens with two attached hydrogens (primary N) is 1. The van der Waals surface area contributed by atoms with E-state index in [2.05, 4.69) is 9.98 Å². The number of rotatable bonds is 2. The number of hydrogen-bond acceptors (Lipinski definition) is 2. The molecule has 12 heavy (non-hydrogen) atoms. The maximum atomic E-state index is 5.76. The van der Waals surface area contributed by atoms with Gasteiger partial charge in [0.25, 0.3) is 0 Å². The number of nitrogens with zero attached hydrogens (tertiary/aromatic N) is 2. The molecule has 3 heteroatoms. The van der Waals surface area contributed by atoms with E-state index in [1.807, 2.05) is 12.1 Å². The first-order valence-corrected chi connectivity index (χ1v) is 4.10. The molecule has 1 fully saturated rings. The van der Waals surface area contributed by atoms with Crippen molar-refractivity contribution in [3.05, 3.63) is 30.1 Å². The van der Waals surface area contributed by atoms with Gasteiger partial charge in [0, 0.05) is 18.0 Å². The van der Waals surface area contributed by atoms with Crippen LogP contribution in [0.2, 0.25) is 0 Å². The Kier molecular flexibility index (Phi) is 1.78. The molecule has 0 radical (unpaired) electrons. The van der Waals surface area contributed by atoms with E-state index in [0.29, 0.717) is 11.9 Å². The summed E-state index contributed by atoms with van der Waals surface area (Å²) in [6.45, 7) is 0. The van der Waals surface area contributed by atoms with Gasteiger partial charge in [-0.3, -0.25) is 9.98 Å². The molecule has 0 aliphatic heterocycles. The van der Waals surface area contributed by atoms with Crippen LogP contribution in [0, 0.1) is 0 Å². The zero-order chi connectivity index (χ0) is 8.39. The molecule has 0 aromatic carbocycles. The van der Waals surface area contributed by atoms with Gasteiger partial charge in [-0.15, -0.1) is 0 Å². The van der Waals surface area contributed by atoms with Crippen molar-refractivity contribution in [1.29, 1.82) is 0 Å². The van der Waals surface area contributed by atoms with Crippen molar-refractivity contribution in [3.63, 3.8) is 0 Å². The number of hydrogen-bond donors (Lipinski definition) is 1. The van der Waals surface area contributed by atoms with E-state index in [9.17, 15) is 0 Å². The van der Waals surface area contributed by atoms with Crippen LogP contribution in [-0.4, -0.2) is 16.9 Å². The molecule has 1 aromatic heterocycles. The van der Waals surface area contributed by atoms with Gasteiger partial charge in [0.2, 0.25) is 0 Å². The minimum atomic E-state index is 0.484. The molecule has 0 saturated heterocycles. The van der Waals surface area contributed by atoms with Gasteiger partial charge in [0.1, 0.15) is 5.84 Å². The summed E-state index contributed by atoms with van der Waals surface area (Å²) in [5.74, 6) is 0.639. The second kappa shape index (κ2) is 2.93. The SMILES string of the molecule is NC(=NC1CC1)c1ccncc1. The van der Waals surface area contributed by atoms with Crippen LogP contribution in [-0.2, 0) is 0 Å². The first-order valence-electron chi connectivity index (χ1n) is 4.10.